The largest absolute Gasteiger partial charge is 0.390 e. The van der Waals surface area contributed by atoms with E-state index in [0.29, 0.717) is 41.6 Å². The van der Waals surface area contributed by atoms with Crippen LogP contribution in [0.3, 0.4) is 0 Å². The van der Waals surface area contributed by atoms with E-state index >= 15 is 0 Å². The van der Waals surface area contributed by atoms with Gasteiger partial charge in [-0.25, -0.2) is 23.1 Å². The normalized spacial score (nSPS) is 24.3. The number of imidazole rings is 1. The average molecular weight is 531 g/mol. The molecule has 2 atom stereocenters. The molecule has 0 saturated heterocycles. The Hall–Kier alpha value is -2.88. The van der Waals surface area contributed by atoms with Gasteiger partial charge in [-0.2, -0.15) is 4.98 Å². The maximum absolute atomic E-state index is 14.5. The maximum Gasteiger partial charge on any atom is 0.224 e. The summed E-state index contributed by atoms with van der Waals surface area (Å²) in [4.78, 5) is 13.9. The summed E-state index contributed by atoms with van der Waals surface area (Å²) in [6.07, 6.45) is 8.25. The standard InChI is InChI=1S/C28H37F3N6O/c1-15(2)16-5-8-19(9-6-16)33-26-32-14-23-25(36-26)37(20-10-7-17(11-20)28(3,4)38)27(34-23)35-24-21(30)12-18(29)13-22(24)31/h12-17,19-20,38H,5-11H2,1-4H3,(H,34,35)(H,32,33,36)/t16-,17-,19-,20+/m1/s1. The van der Waals surface area contributed by atoms with Crippen molar-refractivity contribution in [3.05, 3.63) is 35.8 Å². The summed E-state index contributed by atoms with van der Waals surface area (Å²) in [5.74, 6) is -0.924. The quantitative estimate of drug-likeness (QED) is 0.314. The molecule has 2 aliphatic rings. The van der Waals surface area contributed by atoms with Crippen molar-refractivity contribution in [2.45, 2.75) is 90.3 Å². The van der Waals surface area contributed by atoms with E-state index in [9.17, 15) is 18.3 Å². The molecular formula is C28H37F3N6O. The lowest BCUT2D eigenvalue weighted by Gasteiger charge is -2.31. The van der Waals surface area contributed by atoms with Gasteiger partial charge in [0.1, 0.15) is 17.0 Å². The predicted octanol–water partition coefficient (Wildman–Crippen LogP) is 6.73. The van der Waals surface area contributed by atoms with Crippen molar-refractivity contribution in [2.75, 3.05) is 10.6 Å². The summed E-state index contributed by atoms with van der Waals surface area (Å²) < 4.78 is 44.4. The van der Waals surface area contributed by atoms with Crippen LogP contribution in [0.5, 0.6) is 0 Å². The van der Waals surface area contributed by atoms with Gasteiger partial charge < -0.3 is 15.7 Å². The minimum atomic E-state index is -1.05. The number of benzene rings is 1. The smallest absolute Gasteiger partial charge is 0.224 e. The van der Waals surface area contributed by atoms with Gasteiger partial charge in [0.25, 0.3) is 0 Å². The van der Waals surface area contributed by atoms with Gasteiger partial charge in [0, 0.05) is 24.2 Å². The monoisotopic (exact) mass is 530 g/mol. The molecule has 38 heavy (non-hydrogen) atoms. The molecule has 2 fully saturated rings. The summed E-state index contributed by atoms with van der Waals surface area (Å²) >= 11 is 0. The number of hydrogen-bond acceptors (Lipinski definition) is 6. The average Bonchev–Trinajstić information content (AvgIpc) is 3.46. The molecule has 2 aromatic heterocycles. The second-order valence-corrected chi connectivity index (χ2v) is 11.9. The van der Waals surface area contributed by atoms with Crippen molar-refractivity contribution < 1.29 is 18.3 Å². The zero-order valence-corrected chi connectivity index (χ0v) is 22.4. The second-order valence-electron chi connectivity index (χ2n) is 11.9. The lowest BCUT2D eigenvalue weighted by Crippen LogP contribution is -2.29. The van der Waals surface area contributed by atoms with Gasteiger partial charge in [-0.3, -0.25) is 4.57 Å². The molecule has 2 aliphatic carbocycles. The molecule has 0 spiro atoms. The number of anilines is 3. The zero-order valence-electron chi connectivity index (χ0n) is 22.4. The Morgan fingerprint density at radius 1 is 1.00 bits per heavy atom. The molecule has 7 nitrogen and oxygen atoms in total. The molecule has 0 aliphatic heterocycles. The summed E-state index contributed by atoms with van der Waals surface area (Å²) in [6.45, 7) is 8.15. The number of aliphatic hydroxyl groups is 1. The van der Waals surface area contributed by atoms with Crippen molar-refractivity contribution in [1.82, 2.24) is 19.5 Å². The Morgan fingerprint density at radius 2 is 1.68 bits per heavy atom. The third-order valence-corrected chi connectivity index (χ3v) is 8.49. The number of halogens is 3. The molecule has 3 aromatic rings. The third kappa shape index (κ3) is 5.46. The molecule has 2 heterocycles. The number of nitrogens with zero attached hydrogens (tertiary/aromatic N) is 4. The van der Waals surface area contributed by atoms with E-state index in [1.807, 2.05) is 4.57 Å². The van der Waals surface area contributed by atoms with E-state index < -0.39 is 28.7 Å². The number of hydrogen-bond donors (Lipinski definition) is 3. The van der Waals surface area contributed by atoms with Crippen LogP contribution in [0.25, 0.3) is 11.2 Å². The highest BCUT2D eigenvalue weighted by Crippen LogP contribution is 2.43. The maximum atomic E-state index is 14.5. The molecule has 5 rings (SSSR count). The Kier molecular flexibility index (Phi) is 7.28. The topological polar surface area (TPSA) is 87.9 Å². The Balaban J connectivity index is 1.48. The van der Waals surface area contributed by atoms with Crippen molar-refractivity contribution in [3.8, 4) is 0 Å². The molecule has 206 valence electrons. The molecule has 0 bridgehead atoms. The van der Waals surface area contributed by atoms with Gasteiger partial charge in [0.2, 0.25) is 11.9 Å². The van der Waals surface area contributed by atoms with E-state index in [0.717, 1.165) is 31.6 Å². The lowest BCUT2D eigenvalue weighted by atomic mass is 9.80. The predicted molar refractivity (Wildman–Crippen MR) is 142 cm³/mol. The molecule has 3 N–H and O–H groups in total. The van der Waals surface area contributed by atoms with Crippen molar-refractivity contribution in [2.24, 2.45) is 17.8 Å². The van der Waals surface area contributed by atoms with Gasteiger partial charge in [-0.1, -0.05) is 13.8 Å². The van der Waals surface area contributed by atoms with E-state index in [4.69, 9.17) is 4.98 Å². The van der Waals surface area contributed by atoms with Gasteiger partial charge in [-0.05, 0) is 76.5 Å². The van der Waals surface area contributed by atoms with Crippen LogP contribution in [-0.2, 0) is 0 Å². The van der Waals surface area contributed by atoms with Crippen LogP contribution >= 0.6 is 0 Å². The van der Waals surface area contributed by atoms with Crippen molar-refractivity contribution in [3.63, 3.8) is 0 Å². The Bertz CT molecular complexity index is 1270. The first-order valence-electron chi connectivity index (χ1n) is 13.6. The number of nitrogens with one attached hydrogen (secondary N) is 2. The number of rotatable bonds is 7. The van der Waals surface area contributed by atoms with Gasteiger partial charge in [-0.15, -0.1) is 0 Å². The summed E-state index contributed by atoms with van der Waals surface area (Å²) in [5, 5.41) is 16.9. The van der Waals surface area contributed by atoms with Crippen molar-refractivity contribution >= 4 is 28.7 Å². The molecular weight excluding hydrogens is 493 g/mol. The SMILES string of the molecule is CC(C)[C@H]1CC[C@H](Nc2ncc3nc(Nc4c(F)cc(F)cc4F)n([C@H]4CC[C@@H](C(C)(C)O)C4)c3n2)CC1. The van der Waals surface area contributed by atoms with E-state index in [1.54, 1.807) is 20.0 Å². The third-order valence-electron chi connectivity index (χ3n) is 8.49. The van der Waals surface area contributed by atoms with E-state index in [1.165, 1.54) is 12.8 Å². The highest BCUT2D eigenvalue weighted by Gasteiger charge is 2.37. The molecule has 0 radical (unpaired) electrons. The minimum absolute atomic E-state index is 0.0488. The van der Waals surface area contributed by atoms with Crippen LogP contribution < -0.4 is 10.6 Å². The zero-order chi connectivity index (χ0) is 27.2. The summed E-state index contributed by atoms with van der Waals surface area (Å²) in [5.41, 5.74) is -0.306. The lowest BCUT2D eigenvalue weighted by molar-refractivity contribution is 0.0186. The highest BCUT2D eigenvalue weighted by molar-refractivity contribution is 5.76. The van der Waals surface area contributed by atoms with E-state index in [2.05, 4.69) is 34.4 Å². The second kappa shape index (κ2) is 10.4. The van der Waals surface area contributed by atoms with Crippen LogP contribution in [0, 0.1) is 35.2 Å². The van der Waals surface area contributed by atoms with E-state index in [-0.39, 0.29) is 23.9 Å². The number of aromatic nitrogens is 4. The summed E-state index contributed by atoms with van der Waals surface area (Å²) in [7, 11) is 0. The Morgan fingerprint density at radius 3 is 2.29 bits per heavy atom. The first kappa shape index (κ1) is 26.7. The Labute approximate surface area is 221 Å². The number of fused-ring (bicyclic) bond motifs is 1. The van der Waals surface area contributed by atoms with Crippen LogP contribution in [0.15, 0.2) is 18.3 Å². The molecule has 0 amide bonds. The molecule has 10 heteroatoms. The van der Waals surface area contributed by atoms with Crippen LogP contribution in [0.2, 0.25) is 0 Å². The van der Waals surface area contributed by atoms with Crippen LogP contribution in [0.4, 0.5) is 30.8 Å². The molecule has 0 unspecified atom stereocenters. The fourth-order valence-corrected chi connectivity index (χ4v) is 6.11. The first-order chi connectivity index (χ1) is 18.0. The van der Waals surface area contributed by atoms with Crippen molar-refractivity contribution in [1.29, 1.82) is 0 Å². The van der Waals surface area contributed by atoms with Crippen LogP contribution in [-0.4, -0.2) is 36.3 Å². The minimum Gasteiger partial charge on any atom is -0.390 e. The molecule has 1 aromatic carbocycles. The molecule has 2 saturated carbocycles. The first-order valence-corrected chi connectivity index (χ1v) is 13.6. The summed E-state index contributed by atoms with van der Waals surface area (Å²) in [6, 6.07) is 1.45. The van der Waals surface area contributed by atoms with Gasteiger partial charge in [0.05, 0.1) is 11.8 Å². The highest BCUT2D eigenvalue weighted by atomic mass is 19.1. The fraction of sp³-hybridized carbons (Fsp3) is 0.607. The van der Waals surface area contributed by atoms with Gasteiger partial charge >= 0.3 is 0 Å². The fourth-order valence-electron chi connectivity index (χ4n) is 6.11. The van der Waals surface area contributed by atoms with Crippen LogP contribution in [0.1, 0.15) is 78.7 Å². The van der Waals surface area contributed by atoms with Gasteiger partial charge in [0.15, 0.2) is 17.3 Å².